The molecule has 3 rings (SSSR count). The highest BCUT2D eigenvalue weighted by molar-refractivity contribution is 5.90. The Bertz CT molecular complexity index is 790. The van der Waals surface area contributed by atoms with Crippen LogP contribution in [0, 0.1) is 0 Å². The van der Waals surface area contributed by atoms with Gasteiger partial charge in [-0.1, -0.05) is 0 Å². The van der Waals surface area contributed by atoms with E-state index in [4.69, 9.17) is 9.47 Å². The third kappa shape index (κ3) is 2.63. The maximum atomic E-state index is 12.1. The highest BCUT2D eigenvalue weighted by Gasteiger charge is 2.11. The lowest BCUT2D eigenvalue weighted by Crippen LogP contribution is -2.23. The average Bonchev–Trinajstić information content (AvgIpc) is 3.16. The molecule has 0 atom stereocenters. The standard InChI is InChI=1S/C16H17N3O3/c1-21-14-8-11-5-7-19(13(11)10-15(14)22-2)18-16(20)9-12-4-3-6-17-12/h3-8,10,17H,9H2,1-2H3,(H,18,20). The summed E-state index contributed by atoms with van der Waals surface area (Å²) in [6.45, 7) is 0. The minimum atomic E-state index is -0.102. The third-order valence-corrected chi connectivity index (χ3v) is 3.45. The fraction of sp³-hybridized carbons (Fsp3) is 0.188. The van der Waals surface area contributed by atoms with Crippen molar-refractivity contribution in [2.24, 2.45) is 0 Å². The number of carbonyl (C=O) groups excluding carboxylic acids is 1. The molecular formula is C16H17N3O3. The van der Waals surface area contributed by atoms with E-state index in [1.807, 2.05) is 30.3 Å². The number of methoxy groups -OCH3 is 2. The van der Waals surface area contributed by atoms with Crippen LogP contribution in [0.1, 0.15) is 5.69 Å². The van der Waals surface area contributed by atoms with E-state index < -0.39 is 0 Å². The minimum Gasteiger partial charge on any atom is -0.493 e. The van der Waals surface area contributed by atoms with Crippen LogP contribution >= 0.6 is 0 Å². The number of aromatic amines is 1. The Morgan fingerprint density at radius 3 is 2.68 bits per heavy atom. The number of ether oxygens (including phenoxy) is 2. The summed E-state index contributed by atoms with van der Waals surface area (Å²) >= 11 is 0. The molecule has 0 fully saturated rings. The summed E-state index contributed by atoms with van der Waals surface area (Å²) < 4.78 is 12.3. The second-order valence-electron chi connectivity index (χ2n) is 4.86. The normalized spacial score (nSPS) is 10.6. The molecule has 0 spiro atoms. The molecule has 0 aliphatic carbocycles. The Labute approximate surface area is 127 Å². The molecule has 0 radical (unpaired) electrons. The largest absolute Gasteiger partial charge is 0.493 e. The van der Waals surface area contributed by atoms with Crippen LogP contribution in [0.2, 0.25) is 0 Å². The fourth-order valence-corrected chi connectivity index (χ4v) is 2.38. The van der Waals surface area contributed by atoms with Crippen LogP contribution in [0.25, 0.3) is 10.9 Å². The van der Waals surface area contributed by atoms with Crippen molar-refractivity contribution in [3.05, 3.63) is 48.4 Å². The number of rotatable bonds is 5. The van der Waals surface area contributed by atoms with Gasteiger partial charge in [0.1, 0.15) is 0 Å². The van der Waals surface area contributed by atoms with Crippen molar-refractivity contribution in [3.8, 4) is 11.5 Å². The SMILES string of the molecule is COc1cc2ccn(NC(=O)Cc3ccc[nH]3)c2cc1OC. The quantitative estimate of drug-likeness (QED) is 0.759. The van der Waals surface area contributed by atoms with E-state index in [1.54, 1.807) is 31.3 Å². The Morgan fingerprint density at radius 2 is 2.00 bits per heavy atom. The summed E-state index contributed by atoms with van der Waals surface area (Å²) in [4.78, 5) is 15.1. The monoisotopic (exact) mass is 299 g/mol. The Balaban J connectivity index is 1.86. The molecule has 0 saturated carbocycles. The van der Waals surface area contributed by atoms with Gasteiger partial charge < -0.3 is 14.5 Å². The number of nitrogens with zero attached hydrogens (tertiary/aromatic N) is 1. The first-order chi connectivity index (χ1) is 10.7. The molecule has 6 nitrogen and oxygen atoms in total. The highest BCUT2D eigenvalue weighted by Crippen LogP contribution is 2.32. The lowest BCUT2D eigenvalue weighted by Gasteiger charge is -2.11. The van der Waals surface area contributed by atoms with Crippen LogP contribution in [0.3, 0.4) is 0 Å². The van der Waals surface area contributed by atoms with E-state index in [2.05, 4.69) is 10.4 Å². The van der Waals surface area contributed by atoms with Crippen molar-refractivity contribution in [2.45, 2.75) is 6.42 Å². The van der Waals surface area contributed by atoms with Crippen molar-refractivity contribution >= 4 is 16.8 Å². The second kappa shape index (κ2) is 5.85. The van der Waals surface area contributed by atoms with Gasteiger partial charge in [0.05, 0.1) is 26.2 Å². The average molecular weight is 299 g/mol. The zero-order valence-electron chi connectivity index (χ0n) is 12.4. The topological polar surface area (TPSA) is 68.3 Å². The molecule has 0 unspecified atom stereocenters. The van der Waals surface area contributed by atoms with Gasteiger partial charge in [0.2, 0.25) is 5.91 Å². The molecule has 0 saturated heterocycles. The van der Waals surface area contributed by atoms with Crippen molar-refractivity contribution in [1.82, 2.24) is 9.66 Å². The molecule has 2 N–H and O–H groups in total. The van der Waals surface area contributed by atoms with Crippen LogP contribution in [0.4, 0.5) is 0 Å². The molecule has 2 heterocycles. The van der Waals surface area contributed by atoms with Gasteiger partial charge in [-0.25, -0.2) is 0 Å². The van der Waals surface area contributed by atoms with E-state index >= 15 is 0 Å². The number of hydrogen-bond donors (Lipinski definition) is 2. The minimum absolute atomic E-state index is 0.102. The molecular weight excluding hydrogens is 282 g/mol. The molecule has 0 aliphatic heterocycles. The second-order valence-corrected chi connectivity index (χ2v) is 4.86. The first-order valence-electron chi connectivity index (χ1n) is 6.86. The maximum absolute atomic E-state index is 12.1. The summed E-state index contributed by atoms with van der Waals surface area (Å²) in [5.41, 5.74) is 4.57. The van der Waals surface area contributed by atoms with Gasteiger partial charge >= 0.3 is 0 Å². The van der Waals surface area contributed by atoms with Crippen LogP contribution in [-0.4, -0.2) is 29.8 Å². The highest BCUT2D eigenvalue weighted by atomic mass is 16.5. The Kier molecular flexibility index (Phi) is 3.74. The maximum Gasteiger partial charge on any atom is 0.244 e. The zero-order valence-corrected chi connectivity index (χ0v) is 12.4. The molecule has 0 aliphatic rings. The lowest BCUT2D eigenvalue weighted by molar-refractivity contribution is -0.116. The van der Waals surface area contributed by atoms with E-state index in [0.29, 0.717) is 17.9 Å². The zero-order chi connectivity index (χ0) is 15.5. The lowest BCUT2D eigenvalue weighted by atomic mass is 10.2. The van der Waals surface area contributed by atoms with Crippen LogP contribution in [-0.2, 0) is 11.2 Å². The molecule has 3 aromatic rings. The summed E-state index contributed by atoms with van der Waals surface area (Å²) in [6.07, 6.45) is 3.89. The fourth-order valence-electron chi connectivity index (χ4n) is 2.38. The van der Waals surface area contributed by atoms with Gasteiger partial charge in [0, 0.05) is 29.5 Å². The number of benzene rings is 1. The number of nitrogens with one attached hydrogen (secondary N) is 2. The van der Waals surface area contributed by atoms with Crippen molar-refractivity contribution < 1.29 is 14.3 Å². The summed E-state index contributed by atoms with van der Waals surface area (Å²) in [6, 6.07) is 9.36. The van der Waals surface area contributed by atoms with E-state index in [-0.39, 0.29) is 5.91 Å². The van der Waals surface area contributed by atoms with Gasteiger partial charge in [-0.15, -0.1) is 0 Å². The number of aromatic nitrogens is 2. The molecule has 0 bridgehead atoms. The van der Waals surface area contributed by atoms with Gasteiger partial charge in [0.15, 0.2) is 11.5 Å². The van der Waals surface area contributed by atoms with Crippen molar-refractivity contribution in [1.29, 1.82) is 0 Å². The molecule has 2 aromatic heterocycles. The molecule has 114 valence electrons. The van der Waals surface area contributed by atoms with Crippen LogP contribution in [0.5, 0.6) is 11.5 Å². The summed E-state index contributed by atoms with van der Waals surface area (Å²) in [5, 5.41) is 0.956. The molecule has 6 heteroatoms. The number of hydrogen-bond acceptors (Lipinski definition) is 3. The predicted molar refractivity (Wildman–Crippen MR) is 83.9 cm³/mol. The molecule has 22 heavy (non-hydrogen) atoms. The van der Waals surface area contributed by atoms with Crippen molar-refractivity contribution in [3.63, 3.8) is 0 Å². The van der Waals surface area contributed by atoms with Gasteiger partial charge in [-0.2, -0.15) is 0 Å². The number of H-pyrrole nitrogens is 1. The van der Waals surface area contributed by atoms with E-state index in [9.17, 15) is 4.79 Å². The van der Waals surface area contributed by atoms with Crippen LogP contribution < -0.4 is 14.9 Å². The van der Waals surface area contributed by atoms with Gasteiger partial charge in [0.25, 0.3) is 0 Å². The third-order valence-electron chi connectivity index (χ3n) is 3.45. The summed E-state index contributed by atoms with van der Waals surface area (Å²) in [5.74, 6) is 1.17. The first kappa shape index (κ1) is 14.1. The first-order valence-corrected chi connectivity index (χ1v) is 6.86. The van der Waals surface area contributed by atoms with Gasteiger partial charge in [-0.05, 0) is 24.3 Å². The van der Waals surface area contributed by atoms with E-state index in [0.717, 1.165) is 16.6 Å². The Morgan fingerprint density at radius 1 is 1.23 bits per heavy atom. The number of fused-ring (bicyclic) bond motifs is 1. The number of carbonyl (C=O) groups is 1. The van der Waals surface area contributed by atoms with E-state index in [1.165, 1.54) is 0 Å². The Hall–Kier alpha value is -2.89. The summed E-state index contributed by atoms with van der Waals surface area (Å²) in [7, 11) is 3.18. The molecule has 1 aromatic carbocycles. The predicted octanol–water partition coefficient (Wildman–Crippen LogP) is 2.30. The smallest absolute Gasteiger partial charge is 0.244 e. The van der Waals surface area contributed by atoms with Crippen LogP contribution in [0.15, 0.2) is 42.7 Å². The van der Waals surface area contributed by atoms with Crippen molar-refractivity contribution in [2.75, 3.05) is 19.6 Å². The van der Waals surface area contributed by atoms with Gasteiger partial charge in [-0.3, -0.25) is 14.9 Å². The number of amides is 1. The molecule has 1 amide bonds.